The minimum atomic E-state index is -3.86. The van der Waals surface area contributed by atoms with E-state index in [1.807, 2.05) is 0 Å². The molecule has 0 unspecified atom stereocenters. The number of nitrogens with one attached hydrogen (secondary N) is 1. The van der Waals surface area contributed by atoms with E-state index in [1.54, 1.807) is 19.0 Å². The number of anilines is 1. The maximum absolute atomic E-state index is 13.0. The second kappa shape index (κ2) is 7.70. The summed E-state index contributed by atoms with van der Waals surface area (Å²) in [6, 6.07) is 5.79. The third kappa shape index (κ3) is 4.38. The van der Waals surface area contributed by atoms with E-state index in [0.29, 0.717) is 31.2 Å². The van der Waals surface area contributed by atoms with Crippen LogP contribution in [0.5, 0.6) is 0 Å². The lowest BCUT2D eigenvalue weighted by atomic mass is 10.1. The van der Waals surface area contributed by atoms with Crippen molar-refractivity contribution >= 4 is 21.7 Å². The smallest absolute Gasteiger partial charge is 0.252 e. The van der Waals surface area contributed by atoms with Crippen LogP contribution in [0.2, 0.25) is 0 Å². The highest BCUT2D eigenvalue weighted by Crippen LogP contribution is 2.26. The van der Waals surface area contributed by atoms with Crippen molar-refractivity contribution in [3.05, 3.63) is 52.2 Å². The van der Waals surface area contributed by atoms with E-state index in [1.165, 1.54) is 11.0 Å². The molecule has 10 heteroatoms. The zero-order chi connectivity index (χ0) is 20.5. The van der Waals surface area contributed by atoms with Crippen molar-refractivity contribution < 1.29 is 17.6 Å². The summed E-state index contributed by atoms with van der Waals surface area (Å²) in [5.41, 5.74) is 0.293. The first kappa shape index (κ1) is 20.0. The molecule has 1 saturated heterocycles. The number of hydrogen-bond donors (Lipinski definition) is 1. The average molecular weight is 408 g/mol. The monoisotopic (exact) mass is 408 g/mol. The number of carbonyl (C=O) groups excluding carboxylic acids is 1. The average Bonchev–Trinajstić information content (AvgIpc) is 3.11. The van der Waals surface area contributed by atoms with Gasteiger partial charge in [-0.2, -0.15) is 0 Å². The molecule has 0 saturated carbocycles. The normalized spacial score (nSPS) is 17.0. The predicted molar refractivity (Wildman–Crippen MR) is 102 cm³/mol. The Balaban J connectivity index is 1.71. The number of hydrogen-bond acceptors (Lipinski definition) is 6. The van der Waals surface area contributed by atoms with E-state index >= 15 is 0 Å². The molecule has 8 nitrogen and oxygen atoms in total. The van der Waals surface area contributed by atoms with E-state index in [0.717, 1.165) is 24.3 Å². The first-order valence-corrected chi connectivity index (χ1v) is 10.4. The summed E-state index contributed by atoms with van der Waals surface area (Å²) in [5, 5.41) is 0. The van der Waals surface area contributed by atoms with E-state index in [9.17, 15) is 22.4 Å². The van der Waals surface area contributed by atoms with Gasteiger partial charge in [-0.1, -0.05) is 0 Å². The van der Waals surface area contributed by atoms with Gasteiger partial charge in [-0.25, -0.2) is 17.8 Å². The highest BCUT2D eigenvalue weighted by molar-refractivity contribution is 7.92. The Labute approximate surface area is 161 Å². The van der Waals surface area contributed by atoms with Crippen molar-refractivity contribution in [3.63, 3.8) is 0 Å². The lowest BCUT2D eigenvalue weighted by Gasteiger charge is -2.17. The van der Waals surface area contributed by atoms with Gasteiger partial charge in [0.1, 0.15) is 11.6 Å². The van der Waals surface area contributed by atoms with Crippen LogP contribution in [0.3, 0.4) is 0 Å². The first-order chi connectivity index (χ1) is 13.2. The van der Waals surface area contributed by atoms with Crippen LogP contribution in [0.4, 0.5) is 10.3 Å². The van der Waals surface area contributed by atoms with E-state index in [2.05, 4.69) is 9.97 Å². The van der Waals surface area contributed by atoms with Gasteiger partial charge in [-0.3, -0.25) is 14.6 Å². The van der Waals surface area contributed by atoms with Crippen LogP contribution in [0, 0.1) is 5.82 Å². The molecule has 2 heterocycles. The Hall–Kier alpha value is -2.75. The summed E-state index contributed by atoms with van der Waals surface area (Å²) in [7, 11) is -0.342. The number of aromatic nitrogens is 2. The molecule has 1 aliphatic rings. The van der Waals surface area contributed by atoms with E-state index in [4.69, 9.17) is 0 Å². The maximum Gasteiger partial charge on any atom is 0.252 e. The Morgan fingerprint density at radius 3 is 2.64 bits per heavy atom. The zero-order valence-corrected chi connectivity index (χ0v) is 16.4. The number of nitrogens with zero attached hydrogens (tertiary/aromatic N) is 3. The van der Waals surface area contributed by atoms with Crippen molar-refractivity contribution in [2.75, 3.05) is 37.8 Å². The SMILES string of the molecule is CN(C)c1nc([C@@H]2CCN(C(=O)CS(=O)(=O)c3ccc(F)cc3)C2)cc(=O)[nH]1. The molecular formula is C18H21FN4O4S. The Morgan fingerprint density at radius 1 is 1.32 bits per heavy atom. The number of likely N-dealkylation sites (tertiary alicyclic amines) is 1. The van der Waals surface area contributed by atoms with Gasteiger partial charge in [0.05, 0.1) is 10.6 Å². The van der Waals surface area contributed by atoms with Crippen LogP contribution in [-0.4, -0.2) is 62.1 Å². The van der Waals surface area contributed by atoms with Crippen LogP contribution >= 0.6 is 0 Å². The van der Waals surface area contributed by atoms with E-state index in [-0.39, 0.29) is 16.4 Å². The summed E-state index contributed by atoms with van der Waals surface area (Å²) in [5.74, 6) is -1.47. The third-order valence-electron chi connectivity index (χ3n) is 4.62. The van der Waals surface area contributed by atoms with Gasteiger partial charge in [0.2, 0.25) is 11.9 Å². The van der Waals surface area contributed by atoms with Crippen molar-refractivity contribution in [1.82, 2.24) is 14.9 Å². The molecule has 0 radical (unpaired) electrons. The molecule has 1 N–H and O–H groups in total. The van der Waals surface area contributed by atoms with Gasteiger partial charge in [-0.15, -0.1) is 0 Å². The fourth-order valence-electron chi connectivity index (χ4n) is 3.09. The number of halogens is 1. The fourth-order valence-corrected chi connectivity index (χ4v) is 4.32. The molecular weight excluding hydrogens is 387 g/mol. The molecule has 28 heavy (non-hydrogen) atoms. The van der Waals surface area contributed by atoms with Crippen molar-refractivity contribution in [2.45, 2.75) is 17.2 Å². The van der Waals surface area contributed by atoms with Gasteiger partial charge in [-0.05, 0) is 30.7 Å². The number of amides is 1. The minimum Gasteiger partial charge on any atom is -0.348 e. The summed E-state index contributed by atoms with van der Waals surface area (Å²) >= 11 is 0. The molecule has 1 aromatic carbocycles. The molecule has 1 aromatic heterocycles. The number of benzene rings is 1. The maximum atomic E-state index is 13.0. The molecule has 3 rings (SSSR count). The molecule has 0 spiro atoms. The van der Waals surface area contributed by atoms with Crippen LogP contribution < -0.4 is 10.5 Å². The lowest BCUT2D eigenvalue weighted by molar-refractivity contribution is -0.127. The molecule has 0 bridgehead atoms. The third-order valence-corrected chi connectivity index (χ3v) is 6.24. The number of carbonyl (C=O) groups is 1. The second-order valence-corrected chi connectivity index (χ2v) is 8.92. The highest BCUT2D eigenvalue weighted by atomic mass is 32.2. The number of aromatic amines is 1. The Kier molecular flexibility index (Phi) is 5.50. The van der Waals surface area contributed by atoms with Crippen LogP contribution in [0.25, 0.3) is 0 Å². The zero-order valence-electron chi connectivity index (χ0n) is 15.6. The Bertz CT molecular complexity index is 1030. The number of sulfone groups is 1. The number of rotatable bonds is 5. The first-order valence-electron chi connectivity index (χ1n) is 8.70. The molecule has 1 atom stereocenters. The largest absolute Gasteiger partial charge is 0.348 e. The molecule has 0 aliphatic carbocycles. The molecule has 1 fully saturated rings. The van der Waals surface area contributed by atoms with Crippen molar-refractivity contribution in [3.8, 4) is 0 Å². The minimum absolute atomic E-state index is 0.0927. The van der Waals surface area contributed by atoms with E-state index < -0.39 is 27.3 Å². The molecule has 1 aliphatic heterocycles. The van der Waals surface area contributed by atoms with Gasteiger partial charge < -0.3 is 9.80 Å². The molecule has 150 valence electrons. The van der Waals surface area contributed by atoms with Gasteiger partial charge in [0.25, 0.3) is 5.56 Å². The van der Waals surface area contributed by atoms with Crippen LogP contribution in [-0.2, 0) is 14.6 Å². The van der Waals surface area contributed by atoms with Gasteiger partial charge >= 0.3 is 0 Å². The van der Waals surface area contributed by atoms with Crippen molar-refractivity contribution in [2.24, 2.45) is 0 Å². The second-order valence-electron chi connectivity index (χ2n) is 6.93. The molecule has 1 amide bonds. The standard InChI is InChI=1S/C18H21FN4O4S/c1-22(2)18-20-15(9-16(24)21-18)12-7-8-23(10-12)17(25)11-28(26,27)14-5-3-13(19)4-6-14/h3-6,9,12H,7-8,10-11H2,1-2H3,(H,20,21,24)/t12-/m1/s1. The predicted octanol–water partition coefficient (Wildman–Crippen LogP) is 0.765. The quantitative estimate of drug-likeness (QED) is 0.733. The Morgan fingerprint density at radius 2 is 2.00 bits per heavy atom. The topological polar surface area (TPSA) is 103 Å². The lowest BCUT2D eigenvalue weighted by Crippen LogP contribution is -2.34. The summed E-state index contributed by atoms with van der Waals surface area (Å²) in [6.07, 6.45) is 0.589. The highest BCUT2D eigenvalue weighted by Gasteiger charge is 2.31. The summed E-state index contributed by atoms with van der Waals surface area (Å²) in [6.45, 7) is 0.676. The summed E-state index contributed by atoms with van der Waals surface area (Å²) in [4.78, 5) is 34.4. The number of H-pyrrole nitrogens is 1. The fraction of sp³-hybridized carbons (Fsp3) is 0.389. The molecule has 2 aromatic rings. The van der Waals surface area contributed by atoms with Crippen LogP contribution in [0.15, 0.2) is 40.0 Å². The van der Waals surface area contributed by atoms with Crippen LogP contribution in [0.1, 0.15) is 18.0 Å². The van der Waals surface area contributed by atoms with Crippen molar-refractivity contribution in [1.29, 1.82) is 0 Å². The van der Waals surface area contributed by atoms with Gasteiger partial charge in [0.15, 0.2) is 9.84 Å². The van der Waals surface area contributed by atoms with Gasteiger partial charge in [0, 0.05) is 39.2 Å². The summed E-state index contributed by atoms with van der Waals surface area (Å²) < 4.78 is 37.8.